The van der Waals surface area contributed by atoms with Gasteiger partial charge in [-0.2, -0.15) is 0 Å². The molecule has 0 spiro atoms. The molecule has 0 saturated heterocycles. The molecular formula is C20H21N3O3S. The van der Waals surface area contributed by atoms with Crippen molar-refractivity contribution in [3.63, 3.8) is 0 Å². The lowest BCUT2D eigenvalue weighted by atomic mass is 10.1. The predicted molar refractivity (Wildman–Crippen MR) is 105 cm³/mol. The topological polar surface area (TPSA) is 77.2 Å². The van der Waals surface area contributed by atoms with Crippen LogP contribution in [-0.2, 0) is 11.3 Å². The number of ether oxygens (including phenoxy) is 1. The van der Waals surface area contributed by atoms with Gasteiger partial charge in [-0.1, -0.05) is 42.1 Å². The molecule has 0 bridgehead atoms. The Hall–Kier alpha value is -2.80. The maximum absolute atomic E-state index is 12.3. The third-order valence-electron chi connectivity index (χ3n) is 4.05. The fourth-order valence-electron chi connectivity index (χ4n) is 2.46. The first-order chi connectivity index (χ1) is 13.1. The molecule has 1 amide bonds. The highest BCUT2D eigenvalue weighted by atomic mass is 32.2. The summed E-state index contributed by atoms with van der Waals surface area (Å²) in [5.74, 6) is 1.16. The number of amides is 1. The summed E-state index contributed by atoms with van der Waals surface area (Å²) in [5.41, 5.74) is 2.96. The Morgan fingerprint density at radius 2 is 1.93 bits per heavy atom. The number of methoxy groups -OCH3 is 1. The minimum Gasteiger partial charge on any atom is -0.497 e. The van der Waals surface area contributed by atoms with Crippen LogP contribution in [0.1, 0.15) is 18.1 Å². The number of aryl methyl sites for hydroxylation is 1. The Labute approximate surface area is 162 Å². The Kier molecular flexibility index (Phi) is 6.13. The number of benzene rings is 2. The molecule has 1 aromatic heterocycles. The van der Waals surface area contributed by atoms with Gasteiger partial charge in [0.05, 0.1) is 12.4 Å². The number of thioether (sulfide) groups is 1. The highest BCUT2D eigenvalue weighted by molar-refractivity contribution is 8.00. The Balaban J connectivity index is 1.56. The maximum Gasteiger partial charge on any atom is 0.277 e. The molecule has 7 heteroatoms. The third-order valence-corrected chi connectivity index (χ3v) is 4.99. The average molecular weight is 383 g/mol. The van der Waals surface area contributed by atoms with Crippen molar-refractivity contribution < 1.29 is 13.9 Å². The monoisotopic (exact) mass is 383 g/mol. The van der Waals surface area contributed by atoms with E-state index in [0.29, 0.717) is 17.7 Å². The zero-order valence-electron chi connectivity index (χ0n) is 15.4. The smallest absolute Gasteiger partial charge is 0.277 e. The molecule has 0 unspecified atom stereocenters. The molecule has 1 N–H and O–H groups in total. The van der Waals surface area contributed by atoms with Crippen LogP contribution in [0, 0.1) is 6.92 Å². The molecule has 1 atom stereocenters. The van der Waals surface area contributed by atoms with E-state index < -0.39 is 0 Å². The van der Waals surface area contributed by atoms with Crippen LogP contribution in [0.2, 0.25) is 0 Å². The summed E-state index contributed by atoms with van der Waals surface area (Å²) in [6.45, 7) is 4.25. The van der Waals surface area contributed by atoms with Crippen molar-refractivity contribution in [3.8, 4) is 17.2 Å². The molecule has 2 aromatic carbocycles. The Bertz CT molecular complexity index is 909. The Morgan fingerprint density at radius 3 is 2.63 bits per heavy atom. The second-order valence-electron chi connectivity index (χ2n) is 6.01. The van der Waals surface area contributed by atoms with Crippen molar-refractivity contribution in [3.05, 3.63) is 59.7 Å². The molecule has 6 nitrogen and oxygen atoms in total. The van der Waals surface area contributed by atoms with Gasteiger partial charge in [0.15, 0.2) is 0 Å². The van der Waals surface area contributed by atoms with Gasteiger partial charge in [0.1, 0.15) is 5.75 Å². The highest BCUT2D eigenvalue weighted by Gasteiger charge is 2.19. The molecule has 140 valence electrons. The van der Waals surface area contributed by atoms with Crippen molar-refractivity contribution in [2.75, 3.05) is 7.11 Å². The van der Waals surface area contributed by atoms with Crippen LogP contribution in [-0.4, -0.2) is 28.5 Å². The number of hydrogen-bond acceptors (Lipinski definition) is 6. The molecular weight excluding hydrogens is 362 g/mol. The van der Waals surface area contributed by atoms with E-state index in [1.807, 2.05) is 62.4 Å². The number of carbonyl (C=O) groups is 1. The van der Waals surface area contributed by atoms with Gasteiger partial charge in [-0.3, -0.25) is 4.79 Å². The van der Waals surface area contributed by atoms with Crippen LogP contribution in [0.4, 0.5) is 0 Å². The molecule has 1 heterocycles. The first kappa shape index (κ1) is 19.0. The van der Waals surface area contributed by atoms with Crippen molar-refractivity contribution in [2.45, 2.75) is 30.9 Å². The van der Waals surface area contributed by atoms with Gasteiger partial charge in [0.2, 0.25) is 11.8 Å². The quantitative estimate of drug-likeness (QED) is 0.625. The zero-order chi connectivity index (χ0) is 19.2. The summed E-state index contributed by atoms with van der Waals surface area (Å²) in [7, 11) is 1.62. The lowest BCUT2D eigenvalue weighted by Gasteiger charge is -2.10. The number of rotatable bonds is 7. The van der Waals surface area contributed by atoms with E-state index >= 15 is 0 Å². The van der Waals surface area contributed by atoms with Gasteiger partial charge < -0.3 is 14.5 Å². The fourth-order valence-corrected chi connectivity index (χ4v) is 3.17. The first-order valence-electron chi connectivity index (χ1n) is 8.53. The first-order valence-corrected chi connectivity index (χ1v) is 9.41. The maximum atomic E-state index is 12.3. The van der Waals surface area contributed by atoms with Crippen molar-refractivity contribution >= 4 is 17.7 Å². The average Bonchev–Trinajstić information content (AvgIpc) is 3.15. The summed E-state index contributed by atoms with van der Waals surface area (Å²) in [5, 5.41) is 11.1. The van der Waals surface area contributed by atoms with Gasteiger partial charge >= 0.3 is 0 Å². The van der Waals surface area contributed by atoms with Crippen LogP contribution >= 0.6 is 11.8 Å². The standard InChI is InChI=1S/C20H21N3O3S/c1-13-6-4-5-7-17(13)19-22-23-20(26-19)27-14(2)18(24)21-12-15-8-10-16(25-3)11-9-15/h4-11,14H,12H2,1-3H3,(H,21,24)/t14-/m1/s1. The molecule has 0 saturated carbocycles. The van der Waals surface area contributed by atoms with Gasteiger partial charge in [0.25, 0.3) is 5.22 Å². The summed E-state index contributed by atoms with van der Waals surface area (Å²) >= 11 is 1.24. The minimum absolute atomic E-state index is 0.0912. The summed E-state index contributed by atoms with van der Waals surface area (Å²) in [6.07, 6.45) is 0. The van der Waals surface area contributed by atoms with Crippen LogP contribution in [0.25, 0.3) is 11.5 Å². The molecule has 27 heavy (non-hydrogen) atoms. The van der Waals surface area contributed by atoms with E-state index in [2.05, 4.69) is 15.5 Å². The number of aromatic nitrogens is 2. The lowest BCUT2D eigenvalue weighted by Crippen LogP contribution is -2.30. The largest absolute Gasteiger partial charge is 0.497 e. The molecule has 0 aliphatic heterocycles. The van der Waals surface area contributed by atoms with Gasteiger partial charge in [-0.25, -0.2) is 0 Å². The van der Waals surface area contributed by atoms with E-state index in [-0.39, 0.29) is 11.2 Å². The van der Waals surface area contributed by atoms with Crippen LogP contribution in [0.5, 0.6) is 5.75 Å². The van der Waals surface area contributed by atoms with Crippen molar-refractivity contribution in [1.82, 2.24) is 15.5 Å². The number of nitrogens with zero attached hydrogens (tertiary/aromatic N) is 2. The van der Waals surface area contributed by atoms with Crippen molar-refractivity contribution in [2.24, 2.45) is 0 Å². The number of hydrogen-bond donors (Lipinski definition) is 1. The molecule has 0 fully saturated rings. The number of carbonyl (C=O) groups excluding carboxylic acids is 1. The summed E-state index contributed by atoms with van der Waals surface area (Å²) in [4.78, 5) is 12.3. The van der Waals surface area contributed by atoms with Gasteiger partial charge in [-0.05, 0) is 43.2 Å². The van der Waals surface area contributed by atoms with Gasteiger partial charge in [-0.15, -0.1) is 10.2 Å². The van der Waals surface area contributed by atoms with E-state index in [9.17, 15) is 4.79 Å². The molecule has 0 aliphatic carbocycles. The minimum atomic E-state index is -0.353. The number of nitrogens with one attached hydrogen (secondary N) is 1. The second kappa shape index (κ2) is 8.73. The Morgan fingerprint density at radius 1 is 1.19 bits per heavy atom. The third kappa shape index (κ3) is 4.89. The zero-order valence-corrected chi connectivity index (χ0v) is 16.2. The second-order valence-corrected chi connectivity index (χ2v) is 7.31. The molecule has 3 rings (SSSR count). The predicted octanol–water partition coefficient (Wildman–Crippen LogP) is 3.85. The lowest BCUT2D eigenvalue weighted by molar-refractivity contribution is -0.120. The molecule has 0 aliphatic rings. The summed E-state index contributed by atoms with van der Waals surface area (Å²) in [6, 6.07) is 15.4. The molecule has 3 aromatic rings. The highest BCUT2D eigenvalue weighted by Crippen LogP contribution is 2.27. The summed E-state index contributed by atoms with van der Waals surface area (Å²) < 4.78 is 10.8. The van der Waals surface area contributed by atoms with E-state index in [1.54, 1.807) is 7.11 Å². The van der Waals surface area contributed by atoms with Crippen LogP contribution < -0.4 is 10.1 Å². The van der Waals surface area contributed by atoms with E-state index in [1.165, 1.54) is 11.8 Å². The normalized spacial score (nSPS) is 11.8. The van der Waals surface area contributed by atoms with Gasteiger partial charge in [0, 0.05) is 12.1 Å². The SMILES string of the molecule is COc1ccc(CNC(=O)[C@@H](C)Sc2nnc(-c3ccccc3C)o2)cc1. The van der Waals surface area contributed by atoms with Crippen LogP contribution in [0.15, 0.2) is 58.2 Å². The van der Waals surface area contributed by atoms with E-state index in [0.717, 1.165) is 22.4 Å². The molecule has 0 radical (unpaired) electrons. The fraction of sp³-hybridized carbons (Fsp3) is 0.250. The van der Waals surface area contributed by atoms with Crippen molar-refractivity contribution in [1.29, 1.82) is 0 Å². The van der Waals surface area contributed by atoms with Crippen LogP contribution in [0.3, 0.4) is 0 Å². The van der Waals surface area contributed by atoms with E-state index in [4.69, 9.17) is 9.15 Å².